The molecule has 0 radical (unpaired) electrons. The minimum absolute atomic E-state index is 0.167. The van der Waals surface area contributed by atoms with Gasteiger partial charge in [-0.25, -0.2) is 0 Å². The third kappa shape index (κ3) is 1.58. The van der Waals surface area contributed by atoms with Crippen molar-refractivity contribution in [2.75, 3.05) is 0 Å². The van der Waals surface area contributed by atoms with Crippen LogP contribution in [-0.2, 0) is 16.3 Å². The standard InChI is InChI=1S/C11H19BN2O2/c1-8-9(7-13-14(8)6)12-15-10(2,3)11(4,5)16-12/h7H,1-6H3/i1D3,6D3,7D. The lowest BCUT2D eigenvalue weighted by atomic mass is 9.79. The highest BCUT2D eigenvalue weighted by Crippen LogP contribution is 2.36. The molecule has 2 heterocycles. The first-order chi connectivity index (χ1) is 10.1. The van der Waals surface area contributed by atoms with Gasteiger partial charge in [-0.2, -0.15) is 5.10 Å². The van der Waals surface area contributed by atoms with Crippen LogP contribution in [0.5, 0.6) is 0 Å². The van der Waals surface area contributed by atoms with Crippen LogP contribution in [0.2, 0.25) is 0 Å². The van der Waals surface area contributed by atoms with Crippen molar-refractivity contribution in [1.29, 1.82) is 0 Å². The predicted octanol–water partition coefficient (Wildman–Crippen LogP) is 1.03. The van der Waals surface area contributed by atoms with Gasteiger partial charge >= 0.3 is 7.12 Å². The molecule has 0 saturated carbocycles. The number of aromatic nitrogens is 2. The van der Waals surface area contributed by atoms with E-state index in [1.807, 2.05) is 0 Å². The van der Waals surface area contributed by atoms with Crippen LogP contribution < -0.4 is 5.46 Å². The van der Waals surface area contributed by atoms with E-state index in [-0.39, 0.29) is 5.46 Å². The summed E-state index contributed by atoms with van der Waals surface area (Å²) in [4.78, 5) is 0. The second-order valence-corrected chi connectivity index (χ2v) is 4.87. The van der Waals surface area contributed by atoms with Crippen LogP contribution in [0.3, 0.4) is 0 Å². The predicted molar refractivity (Wildman–Crippen MR) is 63.7 cm³/mol. The molecule has 0 amide bonds. The highest BCUT2D eigenvalue weighted by molar-refractivity contribution is 6.62. The maximum absolute atomic E-state index is 7.92. The van der Waals surface area contributed by atoms with Gasteiger partial charge in [-0.1, -0.05) is 0 Å². The Kier molecular flexibility index (Phi) is 1.19. The van der Waals surface area contributed by atoms with Crippen LogP contribution in [0.4, 0.5) is 0 Å². The maximum Gasteiger partial charge on any atom is 0.498 e. The quantitative estimate of drug-likeness (QED) is 0.675. The van der Waals surface area contributed by atoms with Crippen molar-refractivity contribution < 1.29 is 18.9 Å². The molecule has 0 N–H and O–H groups in total. The van der Waals surface area contributed by atoms with E-state index in [4.69, 9.17) is 18.9 Å². The lowest BCUT2D eigenvalue weighted by Crippen LogP contribution is -2.41. The van der Waals surface area contributed by atoms with Crippen molar-refractivity contribution >= 4 is 12.6 Å². The minimum Gasteiger partial charge on any atom is -0.399 e. The Morgan fingerprint density at radius 2 is 2.00 bits per heavy atom. The van der Waals surface area contributed by atoms with Crippen LogP contribution >= 0.6 is 0 Å². The topological polar surface area (TPSA) is 36.3 Å². The van der Waals surface area contributed by atoms with E-state index in [1.54, 1.807) is 27.7 Å². The van der Waals surface area contributed by atoms with Gasteiger partial charge in [0, 0.05) is 32.5 Å². The van der Waals surface area contributed by atoms with Crippen LogP contribution in [-0.4, -0.2) is 28.1 Å². The zero-order valence-electron chi connectivity index (χ0n) is 16.8. The summed E-state index contributed by atoms with van der Waals surface area (Å²) in [5.74, 6) is 0. The van der Waals surface area contributed by atoms with Gasteiger partial charge in [0.05, 0.1) is 12.6 Å². The van der Waals surface area contributed by atoms with Gasteiger partial charge in [0.15, 0.2) is 0 Å². The van der Waals surface area contributed by atoms with E-state index in [1.165, 1.54) is 0 Å². The Hall–Kier alpha value is -0.805. The van der Waals surface area contributed by atoms with Crippen molar-refractivity contribution in [3.8, 4) is 0 Å². The first kappa shape index (κ1) is 5.69. The molecule has 1 aromatic rings. The Balaban J connectivity index is 2.63. The van der Waals surface area contributed by atoms with Gasteiger partial charge in [-0.3, -0.25) is 4.68 Å². The van der Waals surface area contributed by atoms with Gasteiger partial charge in [0.1, 0.15) is 0 Å². The van der Waals surface area contributed by atoms with E-state index in [0.717, 1.165) is 0 Å². The Morgan fingerprint density at radius 1 is 1.38 bits per heavy atom. The summed E-state index contributed by atoms with van der Waals surface area (Å²) in [6, 6.07) is 0. The molecule has 16 heavy (non-hydrogen) atoms. The monoisotopic (exact) mass is 229 g/mol. The lowest BCUT2D eigenvalue weighted by molar-refractivity contribution is 0.00578. The Bertz CT molecular complexity index is 605. The molecule has 2 rings (SSSR count). The molecule has 0 aromatic carbocycles. The Morgan fingerprint density at radius 3 is 2.50 bits per heavy atom. The molecule has 0 bridgehead atoms. The zero-order valence-corrected chi connectivity index (χ0v) is 9.79. The first-order valence-corrected chi connectivity index (χ1v) is 5.04. The van der Waals surface area contributed by atoms with E-state index in [9.17, 15) is 0 Å². The van der Waals surface area contributed by atoms with Crippen LogP contribution in [0.25, 0.3) is 0 Å². The molecule has 1 aliphatic rings. The highest BCUT2D eigenvalue weighted by atomic mass is 16.7. The molecule has 1 fully saturated rings. The average Bonchev–Trinajstić information content (AvgIpc) is 2.73. The molecule has 0 atom stereocenters. The summed E-state index contributed by atoms with van der Waals surface area (Å²) in [6.07, 6.45) is -0.481. The van der Waals surface area contributed by atoms with Crippen molar-refractivity contribution in [2.45, 2.75) is 45.7 Å². The van der Waals surface area contributed by atoms with Crippen LogP contribution in [0.15, 0.2) is 6.17 Å². The fourth-order valence-corrected chi connectivity index (χ4v) is 1.45. The van der Waals surface area contributed by atoms with Crippen molar-refractivity contribution in [2.24, 2.45) is 6.98 Å². The molecule has 5 heteroatoms. The smallest absolute Gasteiger partial charge is 0.399 e. The molecular weight excluding hydrogens is 203 g/mol. The number of hydrogen-bond donors (Lipinski definition) is 0. The summed E-state index contributed by atoms with van der Waals surface area (Å²) in [7, 11) is -1.17. The van der Waals surface area contributed by atoms with Gasteiger partial charge < -0.3 is 9.31 Å². The largest absolute Gasteiger partial charge is 0.498 e. The summed E-state index contributed by atoms with van der Waals surface area (Å²) in [6.45, 7) is 1.51. The molecule has 1 aromatic heterocycles. The van der Waals surface area contributed by atoms with E-state index in [0.29, 0.717) is 4.68 Å². The molecule has 0 aliphatic carbocycles. The molecule has 88 valence electrons. The molecule has 1 aliphatic heterocycles. The normalized spacial score (nSPS) is 30.8. The number of aryl methyl sites for hydroxylation is 1. The minimum atomic E-state index is -2.82. The summed E-state index contributed by atoms with van der Waals surface area (Å²) in [5.41, 5.74) is -2.23. The summed E-state index contributed by atoms with van der Waals surface area (Å²) >= 11 is 0. The van der Waals surface area contributed by atoms with Gasteiger partial charge in [-0.15, -0.1) is 0 Å². The van der Waals surface area contributed by atoms with E-state index < -0.39 is 44.0 Å². The summed E-state index contributed by atoms with van der Waals surface area (Å²) in [5, 5.41) is 3.59. The molecule has 0 unspecified atom stereocenters. The average molecular weight is 229 g/mol. The second-order valence-electron chi connectivity index (χ2n) is 4.87. The SMILES string of the molecule is [2H]c1nn(C([2H])([2H])[2H])c(C([2H])([2H])[2H])c1B1OC(C)(C)C(C)(C)O1. The second kappa shape index (κ2) is 3.34. The van der Waals surface area contributed by atoms with Crippen LogP contribution in [0, 0.1) is 6.85 Å². The maximum atomic E-state index is 7.92. The third-order valence-corrected chi connectivity index (χ3v) is 3.23. The third-order valence-electron chi connectivity index (χ3n) is 3.23. The number of rotatable bonds is 1. The molecule has 4 nitrogen and oxygen atoms in total. The first-order valence-electron chi connectivity index (χ1n) is 8.54. The zero-order chi connectivity index (χ0) is 18.0. The van der Waals surface area contributed by atoms with Gasteiger partial charge in [-0.05, 0) is 34.5 Å². The van der Waals surface area contributed by atoms with Crippen LogP contribution in [0.1, 0.15) is 43.0 Å². The molecule has 1 saturated heterocycles. The van der Waals surface area contributed by atoms with Gasteiger partial charge in [0.25, 0.3) is 0 Å². The highest BCUT2D eigenvalue weighted by Gasteiger charge is 2.52. The van der Waals surface area contributed by atoms with Crippen molar-refractivity contribution in [1.82, 2.24) is 9.78 Å². The fraction of sp³-hybridized carbons (Fsp3) is 0.727. The Labute approximate surface area is 107 Å². The summed E-state index contributed by atoms with van der Waals surface area (Å²) < 4.78 is 65.1. The van der Waals surface area contributed by atoms with E-state index in [2.05, 4.69) is 5.10 Å². The molecular formula is C11H19BN2O2. The number of hydrogen-bond acceptors (Lipinski definition) is 3. The number of nitrogens with zero attached hydrogens (tertiary/aromatic N) is 2. The van der Waals surface area contributed by atoms with Gasteiger partial charge in [0.2, 0.25) is 0 Å². The lowest BCUT2D eigenvalue weighted by Gasteiger charge is -2.32. The van der Waals surface area contributed by atoms with E-state index >= 15 is 0 Å². The van der Waals surface area contributed by atoms with Crippen molar-refractivity contribution in [3.63, 3.8) is 0 Å². The van der Waals surface area contributed by atoms with Crippen molar-refractivity contribution in [3.05, 3.63) is 11.9 Å². The molecule has 0 spiro atoms. The fourth-order valence-electron chi connectivity index (χ4n) is 1.45.